The van der Waals surface area contributed by atoms with Crippen molar-refractivity contribution < 1.29 is 44.5 Å². The van der Waals surface area contributed by atoms with Crippen molar-refractivity contribution in [3.8, 4) is 0 Å². The first-order chi connectivity index (χ1) is 8.93. The molecule has 0 heterocycles. The third-order valence-corrected chi connectivity index (χ3v) is 3.48. The van der Waals surface area contributed by atoms with E-state index in [1.54, 1.807) is 28.0 Å². The summed E-state index contributed by atoms with van der Waals surface area (Å²) in [6, 6.07) is 4.17. The van der Waals surface area contributed by atoms with E-state index in [0.717, 1.165) is 0 Å². The maximum atomic E-state index is 10.6. The zero-order chi connectivity index (χ0) is 14.4. The van der Waals surface area contributed by atoms with E-state index in [1.165, 1.54) is 31.5 Å². The summed E-state index contributed by atoms with van der Waals surface area (Å²) in [5.41, 5.74) is 0.335. The molecule has 1 aromatic carbocycles. The molecule has 5 heteroatoms. The molecule has 4 nitrogen and oxygen atoms in total. The Bertz CT molecular complexity index is 526. The maximum absolute atomic E-state index is 10.6. The second-order valence-corrected chi connectivity index (χ2v) is 5.49. The number of hydrogen-bond donors (Lipinski definition) is 2. The Morgan fingerprint density at radius 3 is 1.95 bits per heavy atom. The zero-order valence-electron chi connectivity index (χ0n) is 10.4. The van der Waals surface area contributed by atoms with E-state index in [2.05, 4.69) is 18.2 Å². The van der Waals surface area contributed by atoms with Crippen LogP contribution in [0.5, 0.6) is 0 Å². The van der Waals surface area contributed by atoms with Crippen LogP contribution in [0.15, 0.2) is 39.7 Å². The molecule has 0 unspecified atom stereocenters. The predicted molar refractivity (Wildman–Crippen MR) is 66.9 cm³/mol. The van der Waals surface area contributed by atoms with E-state index in [4.69, 9.17) is 10.2 Å². The monoisotopic (exact) mass is 335 g/mol. The van der Waals surface area contributed by atoms with Crippen molar-refractivity contribution in [1.82, 2.24) is 0 Å². The Kier molecular flexibility index (Phi) is 5.90. The second-order valence-electron chi connectivity index (χ2n) is 3.91. The summed E-state index contributed by atoms with van der Waals surface area (Å²) in [5, 5.41) is 17.4. The molecule has 0 saturated carbocycles. The number of carboxylic acids is 2. The van der Waals surface area contributed by atoms with Crippen LogP contribution in [0.2, 0.25) is 0 Å². The molecular weight excluding hydrogens is 323 g/mol. The van der Waals surface area contributed by atoms with E-state index in [0.29, 0.717) is 0 Å². The summed E-state index contributed by atoms with van der Waals surface area (Å²) in [5.74, 6) is -2.22. The van der Waals surface area contributed by atoms with Crippen LogP contribution in [0.4, 0.5) is 0 Å². The van der Waals surface area contributed by atoms with Gasteiger partial charge in [-0.15, -0.1) is 0 Å². The van der Waals surface area contributed by atoms with Crippen LogP contribution in [0.25, 0.3) is 0 Å². The molecule has 0 aliphatic heterocycles. The molecule has 19 heavy (non-hydrogen) atoms. The van der Waals surface area contributed by atoms with Crippen molar-refractivity contribution in [1.29, 1.82) is 0 Å². The van der Waals surface area contributed by atoms with Crippen molar-refractivity contribution in [2.45, 2.75) is 13.3 Å². The number of hydrogen-bond acceptors (Lipinski definition) is 2. The Labute approximate surface area is 126 Å². The Morgan fingerprint density at radius 2 is 1.68 bits per heavy atom. The SMILES string of the molecule is Cc1c(C(=O)O)cccc1C(=O)O.[Zr][C]1=CC=CC1. The summed E-state index contributed by atoms with van der Waals surface area (Å²) in [6.45, 7) is 1.48. The molecule has 0 fully saturated rings. The van der Waals surface area contributed by atoms with Crippen LogP contribution in [0.3, 0.4) is 0 Å². The number of carboxylic acid groups (broad SMARTS) is 2. The van der Waals surface area contributed by atoms with Crippen LogP contribution >= 0.6 is 0 Å². The van der Waals surface area contributed by atoms with Gasteiger partial charge in [0.05, 0.1) is 11.1 Å². The normalized spacial score (nSPS) is 12.3. The minimum absolute atomic E-state index is 0.0277. The van der Waals surface area contributed by atoms with Crippen molar-refractivity contribution >= 4 is 11.9 Å². The fourth-order valence-electron chi connectivity index (χ4n) is 1.55. The van der Waals surface area contributed by atoms with Gasteiger partial charge in [-0.05, 0) is 24.6 Å². The van der Waals surface area contributed by atoms with E-state index in [9.17, 15) is 9.59 Å². The topological polar surface area (TPSA) is 74.6 Å². The van der Waals surface area contributed by atoms with Crippen LogP contribution in [-0.2, 0) is 24.7 Å². The molecule has 1 aliphatic rings. The molecule has 0 spiro atoms. The molecule has 2 rings (SSSR count). The quantitative estimate of drug-likeness (QED) is 0.871. The van der Waals surface area contributed by atoms with Gasteiger partial charge in [-0.25, -0.2) is 9.59 Å². The van der Waals surface area contributed by atoms with Crippen LogP contribution in [0.1, 0.15) is 32.7 Å². The first-order valence-corrected chi connectivity index (χ1v) is 6.80. The Balaban J connectivity index is 0.000000250. The van der Waals surface area contributed by atoms with Gasteiger partial charge in [-0.3, -0.25) is 0 Å². The molecule has 1 aromatic rings. The molecule has 0 aromatic heterocycles. The molecule has 0 atom stereocenters. The van der Waals surface area contributed by atoms with E-state index >= 15 is 0 Å². The molecular formula is C14H13O4Zr. The first-order valence-electron chi connectivity index (χ1n) is 5.57. The van der Waals surface area contributed by atoms with Gasteiger partial charge in [0.25, 0.3) is 0 Å². The van der Waals surface area contributed by atoms with Gasteiger partial charge in [-0.1, -0.05) is 6.07 Å². The van der Waals surface area contributed by atoms with E-state index in [1.807, 2.05) is 0 Å². The molecule has 97 valence electrons. The van der Waals surface area contributed by atoms with Gasteiger partial charge in [0.1, 0.15) is 0 Å². The summed E-state index contributed by atoms with van der Waals surface area (Å²) < 4.78 is 1.56. The number of carbonyl (C=O) groups is 2. The van der Waals surface area contributed by atoms with Gasteiger partial charge in [0.2, 0.25) is 0 Å². The predicted octanol–water partition coefficient (Wildman–Crippen LogP) is 2.77. The van der Waals surface area contributed by atoms with Crippen LogP contribution in [-0.4, -0.2) is 22.2 Å². The Hall–Kier alpha value is -1.48. The molecule has 0 saturated heterocycles. The van der Waals surface area contributed by atoms with Crippen molar-refractivity contribution in [3.63, 3.8) is 0 Å². The van der Waals surface area contributed by atoms with E-state index < -0.39 is 11.9 Å². The summed E-state index contributed by atoms with van der Waals surface area (Å²) in [7, 11) is 0. The van der Waals surface area contributed by atoms with Gasteiger partial charge < -0.3 is 10.2 Å². The number of aromatic carboxylic acids is 2. The van der Waals surface area contributed by atoms with Gasteiger partial charge in [0, 0.05) is 0 Å². The number of rotatable bonds is 2. The fraction of sp³-hybridized carbons (Fsp3) is 0.143. The summed E-state index contributed by atoms with van der Waals surface area (Å²) in [6.07, 6.45) is 7.69. The van der Waals surface area contributed by atoms with Crippen LogP contribution < -0.4 is 0 Å². The van der Waals surface area contributed by atoms with Crippen molar-refractivity contribution in [2.24, 2.45) is 0 Å². The minimum atomic E-state index is -1.11. The van der Waals surface area contributed by atoms with Crippen molar-refractivity contribution in [3.05, 3.63) is 56.4 Å². The molecule has 2 N–H and O–H groups in total. The zero-order valence-corrected chi connectivity index (χ0v) is 12.8. The van der Waals surface area contributed by atoms with Gasteiger partial charge >= 0.3 is 64.6 Å². The Morgan fingerprint density at radius 1 is 1.16 bits per heavy atom. The molecule has 0 bridgehead atoms. The van der Waals surface area contributed by atoms with Crippen molar-refractivity contribution in [2.75, 3.05) is 0 Å². The fourth-order valence-corrected chi connectivity index (χ4v) is 2.07. The third kappa shape index (κ3) is 4.60. The number of allylic oxidation sites excluding steroid dienone is 4. The summed E-state index contributed by atoms with van der Waals surface area (Å²) >= 11 is 1.56. The van der Waals surface area contributed by atoms with Crippen LogP contribution in [0, 0.1) is 6.92 Å². The number of benzene rings is 1. The van der Waals surface area contributed by atoms with E-state index in [-0.39, 0.29) is 16.7 Å². The molecule has 0 amide bonds. The third-order valence-electron chi connectivity index (χ3n) is 2.57. The van der Waals surface area contributed by atoms with Gasteiger partial charge in [-0.2, -0.15) is 0 Å². The average Bonchev–Trinajstić information content (AvgIpc) is 2.80. The molecule has 1 aliphatic carbocycles. The molecule has 0 radical (unpaired) electrons. The van der Waals surface area contributed by atoms with Gasteiger partial charge in [0.15, 0.2) is 0 Å². The second kappa shape index (κ2) is 7.20. The standard InChI is InChI=1S/C9H8O4.C5H5.Zr/c1-5-6(8(10)11)3-2-4-7(5)9(12)13;1-2-4-5-3-1;/h2-4H,1H3,(H,10,11)(H,12,13);1-3H,4H2;. The summed E-state index contributed by atoms with van der Waals surface area (Å²) in [4.78, 5) is 21.2. The average molecular weight is 336 g/mol. The first kappa shape index (κ1) is 15.6.